The topological polar surface area (TPSA) is 54.9 Å². The summed E-state index contributed by atoms with van der Waals surface area (Å²) in [4.78, 5) is 4.54. The van der Waals surface area contributed by atoms with Gasteiger partial charge in [-0.25, -0.2) is 0 Å². The molecule has 1 aliphatic rings. The Morgan fingerprint density at radius 1 is 1.30 bits per heavy atom. The highest BCUT2D eigenvalue weighted by atomic mass is 16.5. The number of rotatable bonds is 7. The lowest BCUT2D eigenvalue weighted by Gasteiger charge is -2.59. The number of hydrogen-bond donors (Lipinski definition) is 2. The molecular formula is C15H31N3O2. The summed E-state index contributed by atoms with van der Waals surface area (Å²) < 4.78 is 11.0. The fourth-order valence-corrected chi connectivity index (χ4v) is 2.57. The first-order chi connectivity index (χ1) is 9.41. The van der Waals surface area contributed by atoms with Crippen LogP contribution in [0.25, 0.3) is 0 Å². The summed E-state index contributed by atoms with van der Waals surface area (Å²) in [6.07, 6.45) is 0.992. The molecule has 1 fully saturated rings. The van der Waals surface area contributed by atoms with Crippen molar-refractivity contribution in [2.75, 3.05) is 33.4 Å². The Hall–Kier alpha value is -0.810. The second kappa shape index (κ2) is 7.27. The van der Waals surface area contributed by atoms with Gasteiger partial charge in [-0.1, -0.05) is 13.8 Å². The average molecular weight is 285 g/mol. The number of ether oxygens (including phenoxy) is 2. The average Bonchev–Trinajstić information content (AvgIpc) is 2.42. The molecule has 2 unspecified atom stereocenters. The van der Waals surface area contributed by atoms with Crippen LogP contribution in [-0.4, -0.2) is 51.0 Å². The van der Waals surface area contributed by atoms with E-state index in [-0.39, 0.29) is 11.0 Å². The molecule has 1 aliphatic carbocycles. The van der Waals surface area contributed by atoms with E-state index in [2.05, 4.69) is 43.3 Å². The molecule has 0 aromatic rings. The van der Waals surface area contributed by atoms with Crippen LogP contribution in [0.3, 0.4) is 0 Å². The lowest BCUT2D eigenvalue weighted by Crippen LogP contribution is -2.69. The van der Waals surface area contributed by atoms with Gasteiger partial charge in [-0.3, -0.25) is 4.99 Å². The summed E-state index contributed by atoms with van der Waals surface area (Å²) in [5.41, 5.74) is 0.0190. The number of nitrogens with one attached hydrogen (secondary N) is 2. The largest absolute Gasteiger partial charge is 0.380 e. The summed E-state index contributed by atoms with van der Waals surface area (Å²) in [6, 6.07) is 0.373. The maximum absolute atomic E-state index is 5.65. The first kappa shape index (κ1) is 17.2. The molecule has 5 nitrogen and oxygen atoms in total. The molecule has 0 aromatic carbocycles. The van der Waals surface area contributed by atoms with Crippen molar-refractivity contribution < 1.29 is 9.47 Å². The van der Waals surface area contributed by atoms with E-state index in [4.69, 9.17) is 9.47 Å². The molecule has 0 aliphatic heterocycles. The predicted molar refractivity (Wildman–Crippen MR) is 83.2 cm³/mol. The molecule has 1 rings (SSSR count). The number of methoxy groups -OCH3 is 1. The van der Waals surface area contributed by atoms with E-state index in [1.807, 2.05) is 6.92 Å². The molecule has 0 bridgehead atoms. The van der Waals surface area contributed by atoms with Gasteiger partial charge >= 0.3 is 0 Å². The van der Waals surface area contributed by atoms with E-state index in [0.717, 1.165) is 25.5 Å². The molecule has 0 radical (unpaired) electrons. The van der Waals surface area contributed by atoms with Crippen molar-refractivity contribution in [2.24, 2.45) is 10.4 Å². The molecule has 0 spiro atoms. The Morgan fingerprint density at radius 3 is 2.50 bits per heavy atom. The smallest absolute Gasteiger partial charge is 0.191 e. The van der Waals surface area contributed by atoms with E-state index in [0.29, 0.717) is 19.2 Å². The van der Waals surface area contributed by atoms with E-state index in [1.54, 1.807) is 7.11 Å². The van der Waals surface area contributed by atoms with Crippen molar-refractivity contribution in [3.8, 4) is 0 Å². The zero-order valence-corrected chi connectivity index (χ0v) is 13.9. The van der Waals surface area contributed by atoms with Crippen LogP contribution in [-0.2, 0) is 9.47 Å². The van der Waals surface area contributed by atoms with Gasteiger partial charge < -0.3 is 20.1 Å². The van der Waals surface area contributed by atoms with Crippen molar-refractivity contribution in [3.63, 3.8) is 0 Å². The van der Waals surface area contributed by atoms with Gasteiger partial charge in [0.05, 0.1) is 18.8 Å². The van der Waals surface area contributed by atoms with Crippen molar-refractivity contribution in [3.05, 3.63) is 0 Å². The molecule has 118 valence electrons. The summed E-state index contributed by atoms with van der Waals surface area (Å²) in [5, 5.41) is 6.80. The molecule has 2 N–H and O–H groups in total. The fourth-order valence-electron chi connectivity index (χ4n) is 2.57. The van der Waals surface area contributed by atoms with Crippen molar-refractivity contribution in [1.82, 2.24) is 10.6 Å². The van der Waals surface area contributed by atoms with Gasteiger partial charge in [0.1, 0.15) is 0 Å². The van der Waals surface area contributed by atoms with Gasteiger partial charge in [-0.05, 0) is 27.2 Å². The van der Waals surface area contributed by atoms with Crippen molar-refractivity contribution in [2.45, 2.75) is 52.7 Å². The van der Waals surface area contributed by atoms with Crippen LogP contribution in [0.5, 0.6) is 0 Å². The van der Waals surface area contributed by atoms with Crippen LogP contribution in [0.15, 0.2) is 4.99 Å². The molecule has 1 saturated carbocycles. The minimum absolute atomic E-state index is 0.0622. The van der Waals surface area contributed by atoms with Gasteiger partial charge in [0, 0.05) is 31.7 Å². The third kappa shape index (κ3) is 3.64. The molecule has 5 heteroatoms. The van der Waals surface area contributed by atoms with Crippen molar-refractivity contribution >= 4 is 5.96 Å². The zero-order chi connectivity index (χ0) is 15.2. The molecular weight excluding hydrogens is 254 g/mol. The van der Waals surface area contributed by atoms with Crippen LogP contribution in [0.2, 0.25) is 0 Å². The lowest BCUT2D eigenvalue weighted by atomic mass is 9.56. The predicted octanol–water partition coefficient (Wildman–Crippen LogP) is 1.78. The first-order valence-electron chi connectivity index (χ1n) is 7.59. The summed E-state index contributed by atoms with van der Waals surface area (Å²) >= 11 is 0. The number of guanidine groups is 1. The van der Waals surface area contributed by atoms with E-state index in [1.165, 1.54) is 0 Å². The van der Waals surface area contributed by atoms with Gasteiger partial charge in [-0.2, -0.15) is 0 Å². The number of aliphatic imine (C=N–C) groups is 1. The van der Waals surface area contributed by atoms with Gasteiger partial charge in [0.2, 0.25) is 0 Å². The van der Waals surface area contributed by atoms with Crippen LogP contribution in [0, 0.1) is 5.41 Å². The molecule has 0 amide bonds. The Morgan fingerprint density at radius 2 is 2.00 bits per heavy atom. The minimum Gasteiger partial charge on any atom is -0.380 e. The second-order valence-corrected chi connectivity index (χ2v) is 6.02. The summed E-state index contributed by atoms with van der Waals surface area (Å²) in [5.74, 6) is 0.864. The quantitative estimate of drug-likeness (QED) is 0.425. The Kier molecular flexibility index (Phi) is 6.27. The zero-order valence-electron chi connectivity index (χ0n) is 13.9. The molecule has 0 aromatic heterocycles. The molecule has 20 heavy (non-hydrogen) atoms. The maximum atomic E-state index is 5.65. The highest BCUT2D eigenvalue weighted by Gasteiger charge is 2.58. The van der Waals surface area contributed by atoms with Gasteiger partial charge in [0.15, 0.2) is 5.96 Å². The minimum atomic E-state index is -0.0622. The van der Waals surface area contributed by atoms with Crippen LogP contribution in [0.1, 0.15) is 41.0 Å². The Labute approximate surface area is 123 Å². The second-order valence-electron chi connectivity index (χ2n) is 6.02. The maximum Gasteiger partial charge on any atom is 0.191 e. The highest BCUT2D eigenvalue weighted by Crippen LogP contribution is 2.51. The summed E-state index contributed by atoms with van der Waals surface area (Å²) in [6.45, 7) is 13.7. The van der Waals surface area contributed by atoms with Gasteiger partial charge in [-0.15, -0.1) is 0 Å². The third-order valence-corrected chi connectivity index (χ3v) is 4.64. The fraction of sp³-hybridized carbons (Fsp3) is 0.933. The number of nitrogens with zero attached hydrogens (tertiary/aromatic N) is 1. The summed E-state index contributed by atoms with van der Waals surface area (Å²) in [7, 11) is 1.79. The van der Waals surface area contributed by atoms with Crippen LogP contribution >= 0.6 is 0 Å². The van der Waals surface area contributed by atoms with Crippen LogP contribution in [0.4, 0.5) is 0 Å². The van der Waals surface area contributed by atoms with E-state index < -0.39 is 0 Å². The van der Waals surface area contributed by atoms with E-state index in [9.17, 15) is 0 Å². The molecule has 0 saturated heterocycles. The van der Waals surface area contributed by atoms with E-state index >= 15 is 0 Å². The van der Waals surface area contributed by atoms with Gasteiger partial charge in [0.25, 0.3) is 0 Å². The first-order valence-corrected chi connectivity index (χ1v) is 7.59. The Bertz CT molecular complexity index is 331. The standard InChI is InChI=1S/C15H31N3O2/c1-7-16-13(17-9-10-20-8-2)18-12-11-15(5,19-6)14(12,3)4/h12H,7-11H2,1-6H3,(H2,16,17,18). The molecule has 2 atom stereocenters. The lowest BCUT2D eigenvalue weighted by molar-refractivity contribution is -0.176. The Balaban J connectivity index is 2.55. The monoisotopic (exact) mass is 285 g/mol. The van der Waals surface area contributed by atoms with Crippen LogP contribution < -0.4 is 10.6 Å². The number of hydrogen-bond acceptors (Lipinski definition) is 3. The van der Waals surface area contributed by atoms with Crippen molar-refractivity contribution in [1.29, 1.82) is 0 Å². The molecule has 0 heterocycles. The highest BCUT2D eigenvalue weighted by molar-refractivity contribution is 5.80. The normalized spacial score (nSPS) is 28.9. The third-order valence-electron chi connectivity index (χ3n) is 4.64. The SMILES string of the molecule is CCNC(=NCCOCC)NC1CC(C)(OC)C1(C)C.